The zero-order valence-corrected chi connectivity index (χ0v) is 16.5. The third kappa shape index (κ3) is 3.72. The van der Waals surface area contributed by atoms with Gasteiger partial charge in [0.2, 0.25) is 0 Å². The first-order chi connectivity index (χ1) is 14.0. The topological polar surface area (TPSA) is 46.5 Å². The fourth-order valence-corrected chi connectivity index (χ4v) is 3.82. The monoisotopic (exact) mass is 382 g/mol. The Morgan fingerprint density at radius 2 is 1.55 bits per heavy atom. The molecular formula is C26H22O3. The number of carboxylic acids is 1. The molecule has 0 saturated heterocycles. The molecule has 0 unspecified atom stereocenters. The second-order valence-corrected chi connectivity index (χ2v) is 7.21. The normalized spacial score (nSPS) is 10.8. The molecule has 0 radical (unpaired) electrons. The van der Waals surface area contributed by atoms with Crippen molar-refractivity contribution in [2.45, 2.75) is 20.5 Å². The van der Waals surface area contributed by atoms with E-state index < -0.39 is 5.97 Å². The van der Waals surface area contributed by atoms with Crippen molar-refractivity contribution in [3.05, 3.63) is 101 Å². The van der Waals surface area contributed by atoms with Gasteiger partial charge in [0.25, 0.3) is 0 Å². The molecule has 29 heavy (non-hydrogen) atoms. The van der Waals surface area contributed by atoms with Crippen LogP contribution in [0.25, 0.3) is 21.9 Å². The number of ether oxygens (including phenoxy) is 1. The van der Waals surface area contributed by atoms with E-state index in [4.69, 9.17) is 4.74 Å². The second kappa shape index (κ2) is 7.80. The molecule has 0 spiro atoms. The molecule has 0 aliphatic heterocycles. The van der Waals surface area contributed by atoms with Gasteiger partial charge < -0.3 is 9.84 Å². The molecule has 0 heterocycles. The van der Waals surface area contributed by atoms with Gasteiger partial charge in [-0.3, -0.25) is 0 Å². The molecule has 0 atom stereocenters. The Hall–Kier alpha value is -3.59. The molecule has 0 amide bonds. The van der Waals surface area contributed by atoms with E-state index in [0.29, 0.717) is 12.4 Å². The number of hydrogen-bond acceptors (Lipinski definition) is 2. The Labute approximate surface area is 170 Å². The molecule has 4 rings (SSSR count). The number of fused-ring (bicyclic) bond motifs is 1. The van der Waals surface area contributed by atoms with Crippen LogP contribution in [0.1, 0.15) is 27.0 Å². The summed E-state index contributed by atoms with van der Waals surface area (Å²) in [6, 6.07) is 25.6. The summed E-state index contributed by atoms with van der Waals surface area (Å²) in [5.41, 5.74) is 5.55. The van der Waals surface area contributed by atoms with Gasteiger partial charge in [-0.1, -0.05) is 66.7 Å². The van der Waals surface area contributed by atoms with Crippen LogP contribution in [0.2, 0.25) is 0 Å². The predicted octanol–water partition coefficient (Wildman–Crippen LogP) is 6.40. The highest BCUT2D eigenvalue weighted by Gasteiger charge is 2.15. The van der Waals surface area contributed by atoms with Crippen molar-refractivity contribution in [1.82, 2.24) is 0 Å². The summed E-state index contributed by atoms with van der Waals surface area (Å²) < 4.78 is 6.05. The zero-order chi connectivity index (χ0) is 20.4. The van der Waals surface area contributed by atoms with E-state index in [1.54, 1.807) is 6.07 Å². The van der Waals surface area contributed by atoms with Crippen molar-refractivity contribution >= 4 is 16.7 Å². The number of carboxylic acid groups (broad SMARTS) is 1. The number of aromatic carboxylic acids is 1. The maximum absolute atomic E-state index is 11.7. The minimum Gasteiger partial charge on any atom is -0.488 e. The number of hydrogen-bond donors (Lipinski definition) is 1. The van der Waals surface area contributed by atoms with Crippen molar-refractivity contribution in [2.75, 3.05) is 0 Å². The average Bonchev–Trinajstić information content (AvgIpc) is 2.72. The number of rotatable bonds is 5. The van der Waals surface area contributed by atoms with Crippen LogP contribution in [0.4, 0.5) is 0 Å². The molecule has 3 heteroatoms. The Kier molecular flexibility index (Phi) is 5.05. The predicted molar refractivity (Wildman–Crippen MR) is 117 cm³/mol. The lowest BCUT2D eigenvalue weighted by Crippen LogP contribution is -2.04. The van der Waals surface area contributed by atoms with Gasteiger partial charge in [0.1, 0.15) is 17.9 Å². The molecule has 144 valence electrons. The highest BCUT2D eigenvalue weighted by molar-refractivity contribution is 5.92. The lowest BCUT2D eigenvalue weighted by atomic mass is 9.95. The minimum atomic E-state index is -0.994. The number of carbonyl (C=O) groups is 1. The molecular weight excluding hydrogens is 360 g/mol. The van der Waals surface area contributed by atoms with Gasteiger partial charge in [0, 0.05) is 0 Å². The second-order valence-electron chi connectivity index (χ2n) is 7.21. The summed E-state index contributed by atoms with van der Waals surface area (Å²) in [6.45, 7) is 4.42. The van der Waals surface area contributed by atoms with Crippen molar-refractivity contribution in [3.8, 4) is 16.9 Å². The minimum absolute atomic E-state index is 0.167. The van der Waals surface area contributed by atoms with Crippen LogP contribution < -0.4 is 4.74 Å². The SMILES string of the molecule is Cc1cccc(C)c1-c1ccc(C(=O)O)c(OCc2cccc3ccccc23)c1. The van der Waals surface area contributed by atoms with E-state index in [1.165, 1.54) is 0 Å². The lowest BCUT2D eigenvalue weighted by Gasteiger charge is -2.15. The first kappa shape index (κ1) is 18.8. The summed E-state index contributed by atoms with van der Waals surface area (Å²) in [5, 5.41) is 11.9. The van der Waals surface area contributed by atoms with E-state index in [9.17, 15) is 9.90 Å². The largest absolute Gasteiger partial charge is 0.488 e. The molecule has 4 aromatic carbocycles. The molecule has 0 saturated carbocycles. The van der Waals surface area contributed by atoms with Crippen LogP contribution >= 0.6 is 0 Å². The van der Waals surface area contributed by atoms with Gasteiger partial charge in [0.15, 0.2) is 0 Å². The molecule has 0 aliphatic rings. The van der Waals surface area contributed by atoms with E-state index in [-0.39, 0.29) is 5.56 Å². The average molecular weight is 382 g/mol. The quantitative estimate of drug-likeness (QED) is 0.434. The first-order valence-electron chi connectivity index (χ1n) is 9.58. The Balaban J connectivity index is 1.73. The summed E-state index contributed by atoms with van der Waals surface area (Å²) in [5.74, 6) is -0.614. The molecule has 0 bridgehead atoms. The lowest BCUT2D eigenvalue weighted by molar-refractivity contribution is 0.0692. The van der Waals surface area contributed by atoms with E-state index in [1.807, 2.05) is 42.5 Å². The third-order valence-corrected chi connectivity index (χ3v) is 5.24. The van der Waals surface area contributed by atoms with Crippen LogP contribution in [0.15, 0.2) is 78.9 Å². The Morgan fingerprint density at radius 1 is 0.862 bits per heavy atom. The molecule has 4 aromatic rings. The summed E-state index contributed by atoms with van der Waals surface area (Å²) in [4.78, 5) is 11.7. The van der Waals surface area contributed by atoms with Crippen LogP contribution in [-0.2, 0) is 6.61 Å². The third-order valence-electron chi connectivity index (χ3n) is 5.24. The van der Waals surface area contributed by atoms with Gasteiger partial charge >= 0.3 is 5.97 Å². The smallest absolute Gasteiger partial charge is 0.339 e. The van der Waals surface area contributed by atoms with Gasteiger partial charge in [-0.15, -0.1) is 0 Å². The first-order valence-corrected chi connectivity index (χ1v) is 9.58. The number of benzene rings is 4. The Morgan fingerprint density at radius 3 is 2.31 bits per heavy atom. The summed E-state index contributed by atoms with van der Waals surface area (Å²) >= 11 is 0. The van der Waals surface area contributed by atoms with E-state index in [2.05, 4.69) is 44.2 Å². The van der Waals surface area contributed by atoms with Crippen molar-refractivity contribution < 1.29 is 14.6 Å². The standard InChI is InChI=1S/C26H22O3/c1-17-7-5-8-18(2)25(17)20-13-14-23(26(27)28)24(15-20)29-16-21-11-6-10-19-9-3-4-12-22(19)21/h3-15H,16H2,1-2H3,(H,27,28). The maximum atomic E-state index is 11.7. The fraction of sp³-hybridized carbons (Fsp3) is 0.115. The van der Waals surface area contributed by atoms with Crippen LogP contribution in [0, 0.1) is 13.8 Å². The molecule has 0 fully saturated rings. The fourth-order valence-electron chi connectivity index (χ4n) is 3.82. The van der Waals surface area contributed by atoms with Crippen LogP contribution in [-0.4, -0.2) is 11.1 Å². The molecule has 3 nitrogen and oxygen atoms in total. The van der Waals surface area contributed by atoms with E-state index >= 15 is 0 Å². The zero-order valence-electron chi connectivity index (χ0n) is 16.5. The van der Waals surface area contributed by atoms with Crippen molar-refractivity contribution in [1.29, 1.82) is 0 Å². The maximum Gasteiger partial charge on any atom is 0.339 e. The van der Waals surface area contributed by atoms with E-state index in [0.717, 1.165) is 38.6 Å². The Bertz CT molecular complexity index is 1180. The van der Waals surface area contributed by atoms with Crippen LogP contribution in [0.5, 0.6) is 5.75 Å². The van der Waals surface area contributed by atoms with Crippen LogP contribution in [0.3, 0.4) is 0 Å². The molecule has 1 N–H and O–H groups in total. The molecule has 0 aromatic heterocycles. The van der Waals surface area contributed by atoms with Gasteiger partial charge in [-0.25, -0.2) is 4.79 Å². The summed E-state index contributed by atoms with van der Waals surface area (Å²) in [7, 11) is 0. The van der Waals surface area contributed by atoms with Gasteiger partial charge in [0.05, 0.1) is 0 Å². The van der Waals surface area contributed by atoms with Gasteiger partial charge in [-0.2, -0.15) is 0 Å². The van der Waals surface area contributed by atoms with Gasteiger partial charge in [-0.05, 0) is 64.6 Å². The molecule has 0 aliphatic carbocycles. The van der Waals surface area contributed by atoms with Crippen molar-refractivity contribution in [3.63, 3.8) is 0 Å². The highest BCUT2D eigenvalue weighted by Crippen LogP contribution is 2.32. The van der Waals surface area contributed by atoms with Crippen molar-refractivity contribution in [2.24, 2.45) is 0 Å². The number of aryl methyl sites for hydroxylation is 2. The summed E-state index contributed by atoms with van der Waals surface area (Å²) in [6.07, 6.45) is 0. The highest BCUT2D eigenvalue weighted by atomic mass is 16.5.